The number of rotatable bonds is 12. The van der Waals surface area contributed by atoms with E-state index >= 15 is 0 Å². The summed E-state index contributed by atoms with van der Waals surface area (Å²) in [5.74, 6) is 2.13. The minimum atomic E-state index is 0. The third-order valence-corrected chi connectivity index (χ3v) is 4.93. The molecular formula is C22H41IN4O. The van der Waals surface area contributed by atoms with Gasteiger partial charge in [-0.25, -0.2) is 0 Å². The number of benzene rings is 1. The predicted molar refractivity (Wildman–Crippen MR) is 132 cm³/mol. The lowest BCUT2D eigenvalue weighted by Crippen LogP contribution is -2.42. The van der Waals surface area contributed by atoms with E-state index in [4.69, 9.17) is 9.73 Å². The van der Waals surface area contributed by atoms with E-state index < -0.39 is 0 Å². The van der Waals surface area contributed by atoms with Crippen molar-refractivity contribution in [1.82, 2.24) is 15.5 Å². The summed E-state index contributed by atoms with van der Waals surface area (Å²) >= 11 is 0. The lowest BCUT2D eigenvalue weighted by Gasteiger charge is -2.21. The van der Waals surface area contributed by atoms with E-state index in [-0.39, 0.29) is 24.0 Å². The fourth-order valence-electron chi connectivity index (χ4n) is 3.19. The Labute approximate surface area is 189 Å². The largest absolute Gasteiger partial charge is 0.496 e. The Balaban J connectivity index is 0.00000729. The second-order valence-electron chi connectivity index (χ2n) is 7.08. The van der Waals surface area contributed by atoms with Crippen molar-refractivity contribution in [3.63, 3.8) is 0 Å². The smallest absolute Gasteiger partial charge is 0.191 e. The number of nitrogens with zero attached hydrogens (tertiary/aromatic N) is 2. The number of nitrogens with one attached hydrogen (secondary N) is 2. The van der Waals surface area contributed by atoms with E-state index in [1.54, 1.807) is 7.11 Å². The number of guanidine groups is 1. The average Bonchev–Trinajstić information content (AvgIpc) is 2.69. The van der Waals surface area contributed by atoms with Gasteiger partial charge in [-0.1, -0.05) is 39.0 Å². The highest BCUT2D eigenvalue weighted by molar-refractivity contribution is 14.0. The second kappa shape index (κ2) is 15.9. The fourth-order valence-corrected chi connectivity index (χ4v) is 3.19. The van der Waals surface area contributed by atoms with Crippen molar-refractivity contribution in [2.75, 3.05) is 39.8 Å². The van der Waals surface area contributed by atoms with E-state index in [1.165, 1.54) is 12.0 Å². The molecule has 0 saturated heterocycles. The number of ether oxygens (including phenoxy) is 1. The van der Waals surface area contributed by atoms with Crippen LogP contribution >= 0.6 is 24.0 Å². The van der Waals surface area contributed by atoms with Crippen LogP contribution in [0.3, 0.4) is 0 Å². The molecule has 0 heterocycles. The molecule has 2 atom stereocenters. The number of hydrogen-bond acceptors (Lipinski definition) is 3. The molecule has 2 N–H and O–H groups in total. The number of aliphatic imine (C=N–C) groups is 1. The summed E-state index contributed by atoms with van der Waals surface area (Å²) in [7, 11) is 1.72. The molecule has 0 aliphatic carbocycles. The van der Waals surface area contributed by atoms with Crippen molar-refractivity contribution in [2.24, 2.45) is 4.99 Å². The van der Waals surface area contributed by atoms with E-state index in [2.05, 4.69) is 62.3 Å². The normalized spacial score (nSPS) is 13.6. The van der Waals surface area contributed by atoms with Crippen LogP contribution in [0.5, 0.6) is 5.75 Å². The fraction of sp³-hybridized carbons (Fsp3) is 0.682. The summed E-state index contributed by atoms with van der Waals surface area (Å²) in [6, 6.07) is 8.59. The van der Waals surface area contributed by atoms with Crippen molar-refractivity contribution in [2.45, 2.75) is 59.4 Å². The van der Waals surface area contributed by atoms with Crippen LogP contribution in [0, 0.1) is 0 Å². The Morgan fingerprint density at radius 3 is 2.43 bits per heavy atom. The van der Waals surface area contributed by atoms with Crippen molar-refractivity contribution in [3.8, 4) is 5.75 Å². The number of para-hydroxylation sites is 1. The number of methoxy groups -OCH3 is 1. The van der Waals surface area contributed by atoms with E-state index in [1.807, 2.05) is 12.1 Å². The summed E-state index contributed by atoms with van der Waals surface area (Å²) in [5, 5.41) is 6.92. The van der Waals surface area contributed by atoms with Gasteiger partial charge in [-0.15, -0.1) is 24.0 Å². The summed E-state index contributed by atoms with van der Waals surface area (Å²) in [4.78, 5) is 7.28. The minimum Gasteiger partial charge on any atom is -0.496 e. The molecule has 0 aromatic heterocycles. The quantitative estimate of drug-likeness (QED) is 0.250. The van der Waals surface area contributed by atoms with Gasteiger partial charge < -0.3 is 20.3 Å². The molecule has 0 bridgehead atoms. The third-order valence-electron chi connectivity index (χ3n) is 4.93. The lowest BCUT2D eigenvalue weighted by molar-refractivity contribution is 0.292. The topological polar surface area (TPSA) is 48.9 Å². The molecule has 0 amide bonds. The van der Waals surface area contributed by atoms with Crippen molar-refractivity contribution >= 4 is 29.9 Å². The van der Waals surface area contributed by atoms with E-state index in [0.717, 1.165) is 50.9 Å². The van der Waals surface area contributed by atoms with Crippen molar-refractivity contribution in [3.05, 3.63) is 29.8 Å². The van der Waals surface area contributed by atoms with E-state index in [0.29, 0.717) is 12.0 Å². The van der Waals surface area contributed by atoms with Crippen LogP contribution in [-0.4, -0.2) is 56.7 Å². The molecule has 0 saturated carbocycles. The van der Waals surface area contributed by atoms with Gasteiger partial charge in [-0.05, 0) is 58.0 Å². The highest BCUT2D eigenvalue weighted by Gasteiger charge is 2.12. The molecule has 28 heavy (non-hydrogen) atoms. The molecule has 1 rings (SSSR count). The van der Waals surface area contributed by atoms with Gasteiger partial charge in [-0.3, -0.25) is 4.99 Å². The minimum absolute atomic E-state index is 0. The molecule has 1 aromatic rings. The molecule has 6 heteroatoms. The highest BCUT2D eigenvalue weighted by atomic mass is 127. The summed E-state index contributed by atoms with van der Waals surface area (Å²) in [6.45, 7) is 16.0. The highest BCUT2D eigenvalue weighted by Crippen LogP contribution is 2.26. The Morgan fingerprint density at radius 1 is 1.14 bits per heavy atom. The standard InChI is InChI=1S/C22H40N4O.HI/c1-7-23-22(25-19(5)13-12-16-26(8-2)9-3)24-17-18(4)20-14-10-11-15-21(20)27-6;/h10-11,14-15,18-19H,7-9,12-13,16-17H2,1-6H3,(H2,23,24,25);1H. The molecule has 0 aliphatic rings. The first kappa shape index (κ1) is 27.0. The van der Waals surface area contributed by atoms with Crippen LogP contribution in [0.4, 0.5) is 0 Å². The molecule has 2 unspecified atom stereocenters. The van der Waals surface area contributed by atoms with Gasteiger partial charge in [0.2, 0.25) is 0 Å². The van der Waals surface area contributed by atoms with Gasteiger partial charge in [0.1, 0.15) is 5.75 Å². The maximum Gasteiger partial charge on any atom is 0.191 e. The maximum absolute atomic E-state index is 5.48. The zero-order valence-corrected chi connectivity index (χ0v) is 21.0. The first-order valence-electron chi connectivity index (χ1n) is 10.5. The molecule has 0 radical (unpaired) electrons. The average molecular weight is 505 g/mol. The van der Waals surface area contributed by atoms with Gasteiger partial charge >= 0.3 is 0 Å². The van der Waals surface area contributed by atoms with Gasteiger partial charge in [0.05, 0.1) is 7.11 Å². The van der Waals surface area contributed by atoms with Crippen LogP contribution in [-0.2, 0) is 0 Å². The zero-order chi connectivity index (χ0) is 20.1. The lowest BCUT2D eigenvalue weighted by atomic mass is 10.0. The van der Waals surface area contributed by atoms with Gasteiger partial charge in [0, 0.05) is 25.0 Å². The van der Waals surface area contributed by atoms with Crippen LogP contribution in [0.1, 0.15) is 58.9 Å². The van der Waals surface area contributed by atoms with Gasteiger partial charge in [-0.2, -0.15) is 0 Å². The predicted octanol–water partition coefficient (Wildman–Crippen LogP) is 4.48. The summed E-state index contributed by atoms with van der Waals surface area (Å²) in [6.07, 6.45) is 2.34. The van der Waals surface area contributed by atoms with Gasteiger partial charge in [0.25, 0.3) is 0 Å². The Hall–Kier alpha value is -1.02. The first-order valence-corrected chi connectivity index (χ1v) is 10.5. The van der Waals surface area contributed by atoms with Crippen molar-refractivity contribution < 1.29 is 4.74 Å². The molecular weight excluding hydrogens is 463 g/mol. The molecule has 0 fully saturated rings. The van der Waals surface area contributed by atoms with Gasteiger partial charge in [0.15, 0.2) is 5.96 Å². The Bertz CT molecular complexity index is 549. The van der Waals surface area contributed by atoms with E-state index in [9.17, 15) is 0 Å². The van der Waals surface area contributed by atoms with Crippen LogP contribution < -0.4 is 15.4 Å². The van der Waals surface area contributed by atoms with Crippen molar-refractivity contribution in [1.29, 1.82) is 0 Å². The Kier molecular flexibility index (Phi) is 15.3. The molecule has 5 nitrogen and oxygen atoms in total. The Morgan fingerprint density at radius 2 is 1.82 bits per heavy atom. The summed E-state index contributed by atoms with van der Waals surface area (Å²) in [5.41, 5.74) is 1.20. The molecule has 1 aromatic carbocycles. The van der Waals surface area contributed by atoms with Crippen LogP contribution in [0.25, 0.3) is 0 Å². The molecule has 0 spiro atoms. The second-order valence-corrected chi connectivity index (χ2v) is 7.08. The summed E-state index contributed by atoms with van der Waals surface area (Å²) < 4.78 is 5.48. The zero-order valence-electron chi connectivity index (χ0n) is 18.6. The third kappa shape index (κ3) is 9.96. The molecule has 162 valence electrons. The monoisotopic (exact) mass is 504 g/mol. The first-order chi connectivity index (χ1) is 13.0. The van der Waals surface area contributed by atoms with Crippen LogP contribution in [0.2, 0.25) is 0 Å². The molecule has 0 aliphatic heterocycles. The van der Waals surface area contributed by atoms with Crippen LogP contribution in [0.15, 0.2) is 29.3 Å². The number of halogens is 1. The number of hydrogen-bond donors (Lipinski definition) is 2. The SMILES string of the molecule is CCNC(=NCC(C)c1ccccc1OC)NC(C)CCCN(CC)CC.I. The maximum atomic E-state index is 5.48.